The normalized spacial score (nSPS) is 13.0. The summed E-state index contributed by atoms with van der Waals surface area (Å²) in [5.74, 6) is 0.889. The zero-order valence-electron chi connectivity index (χ0n) is 7.67. The van der Waals surface area contributed by atoms with Gasteiger partial charge in [-0.1, -0.05) is 11.2 Å². The fourth-order valence-electron chi connectivity index (χ4n) is 1.08. The minimum absolute atomic E-state index is 0.275. The monoisotopic (exact) mass is 210 g/mol. The van der Waals surface area contributed by atoms with Crippen molar-refractivity contribution in [2.75, 3.05) is 0 Å². The zero-order valence-corrected chi connectivity index (χ0v) is 8.49. The lowest BCUT2D eigenvalue weighted by Gasteiger charge is -1.91. The van der Waals surface area contributed by atoms with Crippen LogP contribution in [-0.4, -0.2) is 15.2 Å². The molecule has 1 atom stereocenters. The lowest BCUT2D eigenvalue weighted by Crippen LogP contribution is -1.92. The first-order valence-corrected chi connectivity index (χ1v) is 5.16. The van der Waals surface area contributed by atoms with Crippen LogP contribution in [0.2, 0.25) is 0 Å². The van der Waals surface area contributed by atoms with Crippen molar-refractivity contribution >= 4 is 11.3 Å². The van der Waals surface area contributed by atoms with Gasteiger partial charge in [-0.15, -0.1) is 11.3 Å². The van der Waals surface area contributed by atoms with Crippen molar-refractivity contribution in [1.82, 2.24) is 10.1 Å². The van der Waals surface area contributed by atoms with Gasteiger partial charge in [0.05, 0.1) is 0 Å². The van der Waals surface area contributed by atoms with E-state index in [1.807, 2.05) is 17.5 Å². The Bertz CT molecular complexity index is 395. The maximum Gasteiger partial charge on any atom is 0.255 e. The highest BCUT2D eigenvalue weighted by Crippen LogP contribution is 2.14. The van der Waals surface area contributed by atoms with Crippen molar-refractivity contribution in [3.63, 3.8) is 0 Å². The minimum atomic E-state index is -0.695. The molecular weight excluding hydrogens is 200 g/mol. The number of aromatic nitrogens is 2. The Morgan fingerprint density at radius 2 is 2.50 bits per heavy atom. The summed E-state index contributed by atoms with van der Waals surface area (Å²) in [4.78, 5) is 5.25. The second-order valence-corrected chi connectivity index (χ2v) is 4.01. The Balaban J connectivity index is 2.11. The van der Waals surface area contributed by atoms with Crippen molar-refractivity contribution in [1.29, 1.82) is 0 Å². The van der Waals surface area contributed by atoms with Crippen LogP contribution in [0, 0.1) is 0 Å². The van der Waals surface area contributed by atoms with Gasteiger partial charge in [0.2, 0.25) is 0 Å². The first-order valence-electron chi connectivity index (χ1n) is 4.28. The van der Waals surface area contributed by atoms with E-state index in [9.17, 15) is 0 Å². The van der Waals surface area contributed by atoms with Gasteiger partial charge in [-0.05, 0) is 18.4 Å². The molecule has 0 fully saturated rings. The summed E-state index contributed by atoms with van der Waals surface area (Å²) in [7, 11) is 0. The molecule has 0 aliphatic heterocycles. The molecule has 2 aromatic rings. The first kappa shape index (κ1) is 9.36. The number of nitrogens with zero attached hydrogens (tertiary/aromatic N) is 2. The highest BCUT2D eigenvalue weighted by Gasteiger charge is 2.11. The van der Waals surface area contributed by atoms with Crippen LogP contribution >= 0.6 is 11.3 Å². The average Bonchev–Trinajstić information content (AvgIpc) is 2.75. The second-order valence-electron chi connectivity index (χ2n) is 2.98. The number of rotatable bonds is 3. The average molecular weight is 210 g/mol. The molecule has 1 N–H and O–H groups in total. The number of aliphatic hydroxyl groups excluding tert-OH is 1. The molecule has 0 unspecified atom stereocenters. The van der Waals surface area contributed by atoms with Gasteiger partial charge in [-0.2, -0.15) is 4.98 Å². The van der Waals surface area contributed by atoms with Gasteiger partial charge in [0.15, 0.2) is 5.82 Å². The van der Waals surface area contributed by atoms with Crippen LogP contribution in [0.25, 0.3) is 0 Å². The summed E-state index contributed by atoms with van der Waals surface area (Å²) in [6, 6.07) is 4.00. The predicted molar refractivity (Wildman–Crippen MR) is 52.1 cm³/mol. The third kappa shape index (κ3) is 2.00. The molecule has 2 rings (SSSR count). The van der Waals surface area contributed by atoms with Crippen LogP contribution < -0.4 is 0 Å². The molecule has 74 valence electrons. The van der Waals surface area contributed by atoms with Crippen molar-refractivity contribution in [3.05, 3.63) is 34.1 Å². The summed E-state index contributed by atoms with van der Waals surface area (Å²) in [6.07, 6.45) is -0.0342. The first-order chi connectivity index (χ1) is 6.75. The molecule has 0 spiro atoms. The molecule has 2 heterocycles. The largest absolute Gasteiger partial charge is 0.384 e. The summed E-state index contributed by atoms with van der Waals surface area (Å²) >= 11 is 1.65. The van der Waals surface area contributed by atoms with E-state index < -0.39 is 6.10 Å². The van der Waals surface area contributed by atoms with Gasteiger partial charge in [0.1, 0.15) is 6.10 Å². The molecule has 0 saturated heterocycles. The van der Waals surface area contributed by atoms with Crippen molar-refractivity contribution in [2.45, 2.75) is 19.4 Å². The fourth-order valence-corrected chi connectivity index (χ4v) is 1.78. The fraction of sp³-hybridized carbons (Fsp3) is 0.333. The lowest BCUT2D eigenvalue weighted by atomic mass is 10.3. The van der Waals surface area contributed by atoms with Crippen LogP contribution in [0.1, 0.15) is 29.6 Å². The Hall–Kier alpha value is -1.20. The number of thiophene rings is 1. The summed E-state index contributed by atoms with van der Waals surface area (Å²) in [5.41, 5.74) is 0. The topological polar surface area (TPSA) is 59.2 Å². The molecule has 0 aromatic carbocycles. The summed E-state index contributed by atoms with van der Waals surface area (Å²) < 4.78 is 4.87. The van der Waals surface area contributed by atoms with E-state index in [1.54, 1.807) is 18.3 Å². The maximum absolute atomic E-state index is 9.17. The van der Waals surface area contributed by atoms with Gasteiger partial charge in [0.25, 0.3) is 5.89 Å². The van der Waals surface area contributed by atoms with E-state index in [1.165, 1.54) is 4.88 Å². The molecule has 2 aromatic heterocycles. The van der Waals surface area contributed by atoms with Gasteiger partial charge in [-0.3, -0.25) is 0 Å². The Morgan fingerprint density at radius 3 is 3.07 bits per heavy atom. The SMILES string of the molecule is C[C@H](O)c1nc(Cc2cccs2)no1. The Labute approximate surface area is 85.2 Å². The van der Waals surface area contributed by atoms with Gasteiger partial charge < -0.3 is 9.63 Å². The van der Waals surface area contributed by atoms with E-state index in [-0.39, 0.29) is 5.89 Å². The van der Waals surface area contributed by atoms with Crippen molar-refractivity contribution in [2.24, 2.45) is 0 Å². The van der Waals surface area contributed by atoms with Crippen LogP contribution in [0.15, 0.2) is 22.0 Å². The van der Waals surface area contributed by atoms with Crippen LogP contribution in [-0.2, 0) is 6.42 Å². The smallest absolute Gasteiger partial charge is 0.255 e. The molecule has 4 nitrogen and oxygen atoms in total. The van der Waals surface area contributed by atoms with Gasteiger partial charge in [0, 0.05) is 11.3 Å². The number of hydrogen-bond acceptors (Lipinski definition) is 5. The number of aliphatic hydroxyl groups is 1. The molecule has 0 bridgehead atoms. The van der Waals surface area contributed by atoms with Gasteiger partial charge >= 0.3 is 0 Å². The van der Waals surface area contributed by atoms with E-state index >= 15 is 0 Å². The Morgan fingerprint density at radius 1 is 1.64 bits per heavy atom. The molecular formula is C9H10N2O2S. The second kappa shape index (κ2) is 3.89. The minimum Gasteiger partial charge on any atom is -0.384 e. The summed E-state index contributed by atoms with van der Waals surface area (Å²) in [5, 5.41) is 14.9. The maximum atomic E-state index is 9.17. The predicted octanol–water partition coefficient (Wildman–Crippen LogP) is 1.78. The quantitative estimate of drug-likeness (QED) is 0.838. The van der Waals surface area contributed by atoms with Crippen molar-refractivity contribution in [3.8, 4) is 0 Å². The molecule has 14 heavy (non-hydrogen) atoms. The third-order valence-corrected chi connectivity index (χ3v) is 2.63. The number of hydrogen-bond donors (Lipinski definition) is 1. The highest BCUT2D eigenvalue weighted by molar-refractivity contribution is 7.09. The van der Waals surface area contributed by atoms with E-state index in [0.717, 1.165) is 0 Å². The molecule has 5 heteroatoms. The molecule has 0 aliphatic rings. The zero-order chi connectivity index (χ0) is 9.97. The van der Waals surface area contributed by atoms with Crippen molar-refractivity contribution < 1.29 is 9.63 Å². The van der Waals surface area contributed by atoms with E-state index in [2.05, 4.69) is 10.1 Å². The molecule has 0 saturated carbocycles. The molecule has 0 amide bonds. The Kier molecular flexibility index (Phi) is 2.60. The standard InChI is InChI=1S/C9H10N2O2S/c1-6(12)9-10-8(11-13-9)5-7-3-2-4-14-7/h2-4,6,12H,5H2,1H3/t6-/m0/s1. The van der Waals surface area contributed by atoms with E-state index in [4.69, 9.17) is 9.63 Å². The molecule has 0 radical (unpaired) electrons. The van der Waals surface area contributed by atoms with Crippen LogP contribution in [0.5, 0.6) is 0 Å². The molecule has 0 aliphatic carbocycles. The summed E-state index contributed by atoms with van der Waals surface area (Å²) in [6.45, 7) is 1.60. The van der Waals surface area contributed by atoms with Gasteiger partial charge in [-0.25, -0.2) is 0 Å². The van der Waals surface area contributed by atoms with Crippen LogP contribution in [0.4, 0.5) is 0 Å². The lowest BCUT2D eigenvalue weighted by molar-refractivity contribution is 0.151. The highest BCUT2D eigenvalue weighted by atomic mass is 32.1. The van der Waals surface area contributed by atoms with E-state index in [0.29, 0.717) is 12.2 Å². The van der Waals surface area contributed by atoms with Crippen LogP contribution in [0.3, 0.4) is 0 Å². The third-order valence-electron chi connectivity index (χ3n) is 1.75.